The van der Waals surface area contributed by atoms with Crippen molar-refractivity contribution in [3.05, 3.63) is 30.0 Å². The molecule has 2 heterocycles. The lowest BCUT2D eigenvalue weighted by Crippen LogP contribution is -2.65. The van der Waals surface area contributed by atoms with Crippen molar-refractivity contribution in [1.29, 1.82) is 0 Å². The molecule has 0 saturated carbocycles. The molecule has 5 atom stereocenters. The minimum atomic E-state index is -2.25. The van der Waals surface area contributed by atoms with E-state index in [2.05, 4.69) is 10.3 Å². The fourth-order valence-corrected chi connectivity index (χ4v) is 3.12. The summed E-state index contributed by atoms with van der Waals surface area (Å²) >= 11 is 0. The average molecular weight is 382 g/mol. The summed E-state index contributed by atoms with van der Waals surface area (Å²) in [6, 6.07) is 3.54. The van der Waals surface area contributed by atoms with E-state index in [0.29, 0.717) is 10.9 Å². The number of ether oxygens (including phenoxy) is 1. The minimum absolute atomic E-state index is 0.0239. The maximum atomic E-state index is 11.6. The number of aromatic nitrogens is 1. The molecule has 0 radical (unpaired) electrons. The van der Waals surface area contributed by atoms with Crippen LogP contribution in [-0.2, 0) is 16.0 Å². The van der Waals surface area contributed by atoms with E-state index in [-0.39, 0.29) is 12.2 Å². The number of benzene rings is 1. The maximum Gasteiger partial charge on any atom is 0.321 e. The molecule has 148 valence electrons. The first kappa shape index (κ1) is 19.5. The van der Waals surface area contributed by atoms with Crippen LogP contribution in [0, 0.1) is 0 Å². The molecule has 0 spiro atoms. The highest BCUT2D eigenvalue weighted by Crippen LogP contribution is 2.25. The van der Waals surface area contributed by atoms with Gasteiger partial charge in [-0.2, -0.15) is 0 Å². The van der Waals surface area contributed by atoms with Crippen molar-refractivity contribution in [2.45, 2.75) is 36.6 Å². The number of fused-ring (bicyclic) bond motifs is 1. The molecule has 0 unspecified atom stereocenters. The first-order valence-electron chi connectivity index (χ1n) is 8.37. The van der Waals surface area contributed by atoms with Gasteiger partial charge in [-0.15, -0.1) is 0 Å². The van der Waals surface area contributed by atoms with E-state index < -0.39 is 49.3 Å². The number of carbonyl (C=O) groups is 1. The number of phenols is 1. The van der Waals surface area contributed by atoms with Gasteiger partial charge in [0.1, 0.15) is 30.1 Å². The molecule has 2 aromatic rings. The van der Waals surface area contributed by atoms with E-state index in [0.717, 1.165) is 5.52 Å². The number of carboxylic acids is 1. The minimum Gasteiger partial charge on any atom is -0.508 e. The van der Waals surface area contributed by atoms with Crippen molar-refractivity contribution in [2.24, 2.45) is 0 Å². The number of phenolic OH excluding ortho intramolecular Hbond substituents is 1. The maximum absolute atomic E-state index is 11.6. The van der Waals surface area contributed by atoms with Crippen LogP contribution in [0.15, 0.2) is 24.4 Å². The zero-order chi connectivity index (χ0) is 19.8. The number of aromatic amines is 1. The van der Waals surface area contributed by atoms with E-state index in [1.165, 1.54) is 12.1 Å². The molecule has 1 aromatic carbocycles. The third-order valence-corrected chi connectivity index (χ3v) is 4.76. The number of carboxylic acid groups (broad SMARTS) is 1. The molecule has 1 aromatic heterocycles. The highest BCUT2D eigenvalue weighted by atomic mass is 16.6. The predicted molar refractivity (Wildman–Crippen MR) is 92.0 cm³/mol. The van der Waals surface area contributed by atoms with Crippen LogP contribution in [-0.4, -0.2) is 84.9 Å². The van der Waals surface area contributed by atoms with Gasteiger partial charge in [-0.05, 0) is 23.8 Å². The fourth-order valence-electron chi connectivity index (χ4n) is 3.12. The molecule has 0 aliphatic carbocycles. The summed E-state index contributed by atoms with van der Waals surface area (Å²) in [7, 11) is 0. The summed E-state index contributed by atoms with van der Waals surface area (Å²) in [4.78, 5) is 14.6. The number of H-pyrrole nitrogens is 1. The van der Waals surface area contributed by atoms with Gasteiger partial charge in [0.05, 0.1) is 13.2 Å². The van der Waals surface area contributed by atoms with Gasteiger partial charge in [-0.3, -0.25) is 10.1 Å². The molecule has 10 heteroatoms. The van der Waals surface area contributed by atoms with E-state index in [1.807, 2.05) is 0 Å². The van der Waals surface area contributed by atoms with Crippen LogP contribution in [0.4, 0.5) is 0 Å². The molecular formula is C17H22N2O8. The molecular weight excluding hydrogens is 360 g/mol. The average Bonchev–Trinajstić information content (AvgIpc) is 3.02. The van der Waals surface area contributed by atoms with E-state index in [4.69, 9.17) is 4.74 Å². The first-order valence-corrected chi connectivity index (χ1v) is 8.37. The van der Waals surface area contributed by atoms with Gasteiger partial charge in [0.2, 0.25) is 5.79 Å². The summed E-state index contributed by atoms with van der Waals surface area (Å²) in [5.41, 5.74) is 1.36. The molecule has 0 bridgehead atoms. The number of aromatic hydroxyl groups is 1. The summed E-state index contributed by atoms with van der Waals surface area (Å²) in [5, 5.41) is 61.8. The van der Waals surface area contributed by atoms with Crippen molar-refractivity contribution in [1.82, 2.24) is 10.3 Å². The lowest BCUT2D eigenvalue weighted by molar-refractivity contribution is -0.318. The molecule has 8 N–H and O–H groups in total. The summed E-state index contributed by atoms with van der Waals surface area (Å²) in [6.07, 6.45) is -3.13. The summed E-state index contributed by atoms with van der Waals surface area (Å²) in [5.74, 6) is -3.40. The van der Waals surface area contributed by atoms with Crippen LogP contribution in [0.25, 0.3) is 10.9 Å². The molecule has 1 saturated heterocycles. The summed E-state index contributed by atoms with van der Waals surface area (Å²) in [6.45, 7) is -0.890. The Bertz CT molecular complexity index is 824. The number of nitrogens with one attached hydrogen (secondary N) is 2. The first-order chi connectivity index (χ1) is 12.7. The Kier molecular flexibility index (Phi) is 5.38. The second-order valence-electron chi connectivity index (χ2n) is 6.68. The lowest BCUT2D eigenvalue weighted by Gasteiger charge is -2.42. The molecule has 10 nitrogen and oxygen atoms in total. The second kappa shape index (κ2) is 7.43. The summed E-state index contributed by atoms with van der Waals surface area (Å²) < 4.78 is 5.01. The Hall–Kier alpha value is -2.21. The number of hydrogen-bond acceptors (Lipinski definition) is 8. The monoisotopic (exact) mass is 382 g/mol. The van der Waals surface area contributed by atoms with Crippen molar-refractivity contribution >= 4 is 16.9 Å². The van der Waals surface area contributed by atoms with Crippen molar-refractivity contribution in [3.63, 3.8) is 0 Å². The van der Waals surface area contributed by atoms with Crippen LogP contribution in [0.5, 0.6) is 5.75 Å². The van der Waals surface area contributed by atoms with Crippen molar-refractivity contribution < 1.29 is 40.2 Å². The molecule has 0 amide bonds. The normalized spacial score (nSPS) is 29.7. The van der Waals surface area contributed by atoms with Crippen LogP contribution in [0.1, 0.15) is 5.56 Å². The molecule has 1 aliphatic rings. The topological polar surface area (TPSA) is 175 Å². The molecule has 27 heavy (non-hydrogen) atoms. The van der Waals surface area contributed by atoms with Crippen LogP contribution >= 0.6 is 0 Å². The van der Waals surface area contributed by atoms with E-state index in [1.54, 1.807) is 12.3 Å². The number of hydrogen-bond donors (Lipinski definition) is 8. The number of aliphatic hydroxyl groups is 4. The SMILES string of the molecule is O=C(O)[C@@H](Cc1c[nH]c2ccc(O)cc12)NC[C@@]1(O)OC[C@@H](O)[C@@H](O)[C@H]1O. The lowest BCUT2D eigenvalue weighted by atomic mass is 9.96. The van der Waals surface area contributed by atoms with Gasteiger partial charge < -0.3 is 40.4 Å². The zero-order valence-corrected chi connectivity index (χ0v) is 14.2. The van der Waals surface area contributed by atoms with Crippen LogP contribution in [0.2, 0.25) is 0 Å². The number of rotatable bonds is 6. The van der Waals surface area contributed by atoms with E-state index in [9.17, 15) is 35.4 Å². The van der Waals surface area contributed by atoms with Gasteiger partial charge in [0, 0.05) is 23.5 Å². The van der Waals surface area contributed by atoms with Gasteiger partial charge in [0.25, 0.3) is 0 Å². The largest absolute Gasteiger partial charge is 0.508 e. The molecule has 3 rings (SSSR count). The van der Waals surface area contributed by atoms with Gasteiger partial charge in [0.15, 0.2) is 0 Å². The van der Waals surface area contributed by atoms with Crippen molar-refractivity contribution in [3.8, 4) is 5.75 Å². The Morgan fingerprint density at radius 1 is 1.37 bits per heavy atom. The highest BCUT2D eigenvalue weighted by molar-refractivity contribution is 5.85. The quantitative estimate of drug-likeness (QED) is 0.288. The Morgan fingerprint density at radius 2 is 2.11 bits per heavy atom. The highest BCUT2D eigenvalue weighted by Gasteiger charge is 2.48. The smallest absolute Gasteiger partial charge is 0.321 e. The number of aliphatic hydroxyl groups excluding tert-OH is 3. The Labute approximate surface area is 153 Å². The van der Waals surface area contributed by atoms with Gasteiger partial charge >= 0.3 is 5.97 Å². The van der Waals surface area contributed by atoms with Crippen molar-refractivity contribution in [2.75, 3.05) is 13.2 Å². The Balaban J connectivity index is 1.73. The number of aliphatic carboxylic acids is 1. The fraction of sp³-hybridized carbons (Fsp3) is 0.471. The Morgan fingerprint density at radius 3 is 2.81 bits per heavy atom. The third-order valence-electron chi connectivity index (χ3n) is 4.76. The predicted octanol–water partition coefficient (Wildman–Crippen LogP) is -1.74. The molecule has 1 fully saturated rings. The van der Waals surface area contributed by atoms with Crippen LogP contribution in [0.3, 0.4) is 0 Å². The third kappa shape index (κ3) is 3.90. The van der Waals surface area contributed by atoms with E-state index >= 15 is 0 Å². The van der Waals surface area contributed by atoms with Crippen LogP contribution < -0.4 is 5.32 Å². The van der Waals surface area contributed by atoms with Gasteiger partial charge in [-0.1, -0.05) is 0 Å². The molecule has 1 aliphatic heterocycles. The standard InChI is InChI=1S/C17H22N2O8/c20-9-1-2-11-10(4-9)8(5-18-11)3-12(16(24)25)19-7-17(26)15(23)14(22)13(21)6-27-17/h1-2,4-5,12-15,18-23,26H,3,6-7H2,(H,24,25)/t12-,13-,14-,15-,17-/m1/s1. The zero-order valence-electron chi connectivity index (χ0n) is 14.2. The van der Waals surface area contributed by atoms with Gasteiger partial charge in [-0.25, -0.2) is 0 Å². The second-order valence-corrected chi connectivity index (χ2v) is 6.68.